The Labute approximate surface area is 83.4 Å². The number of aliphatic imine (C=N–C) groups is 1. The minimum Gasteiger partial charge on any atom is -0.291 e. The Bertz CT molecular complexity index is 362. The summed E-state index contributed by atoms with van der Waals surface area (Å²) in [5.41, 5.74) is 0. The molecule has 0 bridgehead atoms. The van der Waals surface area contributed by atoms with Gasteiger partial charge in [0.15, 0.2) is 5.82 Å². The predicted octanol–water partition coefficient (Wildman–Crippen LogP) is 1.92. The van der Waals surface area contributed by atoms with Gasteiger partial charge in [-0.15, -0.1) is 10.2 Å². The fourth-order valence-electron chi connectivity index (χ4n) is 1.57. The Morgan fingerprint density at radius 3 is 3.14 bits per heavy atom. The smallest absolute Gasteiger partial charge is 0.161 e. The van der Waals surface area contributed by atoms with E-state index in [-0.39, 0.29) is 6.04 Å². The zero-order valence-corrected chi connectivity index (χ0v) is 8.46. The van der Waals surface area contributed by atoms with Crippen molar-refractivity contribution in [3.8, 4) is 0 Å². The van der Waals surface area contributed by atoms with Crippen LogP contribution in [0.15, 0.2) is 17.4 Å². The van der Waals surface area contributed by atoms with Crippen LogP contribution in [0.5, 0.6) is 0 Å². The first-order valence-corrected chi connectivity index (χ1v) is 4.86. The van der Waals surface area contributed by atoms with Crippen LogP contribution in [0.3, 0.4) is 0 Å². The summed E-state index contributed by atoms with van der Waals surface area (Å²) in [5, 5.41) is 7.99. The van der Waals surface area contributed by atoms with Crippen LogP contribution in [0.25, 0.3) is 6.20 Å². The third-order valence-electron chi connectivity index (χ3n) is 2.19. The summed E-state index contributed by atoms with van der Waals surface area (Å²) >= 11 is 0. The lowest BCUT2D eigenvalue weighted by Crippen LogP contribution is -2.05. The predicted molar refractivity (Wildman–Crippen MR) is 56.0 cm³/mol. The molecule has 2 heterocycles. The van der Waals surface area contributed by atoms with Crippen LogP contribution < -0.4 is 0 Å². The highest BCUT2D eigenvalue weighted by Gasteiger charge is 2.17. The molecule has 0 aromatic carbocycles. The molecule has 1 unspecified atom stereocenters. The fourth-order valence-corrected chi connectivity index (χ4v) is 1.57. The lowest BCUT2D eigenvalue weighted by atomic mass is 10.0. The summed E-state index contributed by atoms with van der Waals surface area (Å²) in [7, 11) is 0. The third kappa shape index (κ3) is 1.73. The molecule has 1 aliphatic rings. The van der Waals surface area contributed by atoms with Crippen molar-refractivity contribution in [1.82, 2.24) is 14.8 Å². The standard InChI is InChI=1S/C10H14N4/c1-8(2)6-9-10-13-12-7-14(10)5-3-4-11-9/h3-5,7-9H,6H2,1-2H3. The van der Waals surface area contributed by atoms with Gasteiger partial charge in [0.2, 0.25) is 0 Å². The number of hydrogen-bond acceptors (Lipinski definition) is 3. The maximum atomic E-state index is 4.44. The van der Waals surface area contributed by atoms with Crippen molar-refractivity contribution >= 4 is 12.4 Å². The molecule has 4 heteroatoms. The Morgan fingerprint density at radius 2 is 2.36 bits per heavy atom. The van der Waals surface area contributed by atoms with Gasteiger partial charge in [-0.25, -0.2) is 0 Å². The zero-order valence-electron chi connectivity index (χ0n) is 8.46. The van der Waals surface area contributed by atoms with Crippen LogP contribution in [-0.2, 0) is 0 Å². The van der Waals surface area contributed by atoms with Gasteiger partial charge in [-0.1, -0.05) is 13.8 Å². The molecule has 0 fully saturated rings. The molecular weight excluding hydrogens is 176 g/mol. The minimum absolute atomic E-state index is 0.146. The van der Waals surface area contributed by atoms with Gasteiger partial charge in [0, 0.05) is 12.4 Å². The average molecular weight is 190 g/mol. The number of nitrogens with zero attached hydrogens (tertiary/aromatic N) is 4. The Balaban J connectivity index is 2.28. The average Bonchev–Trinajstić information content (AvgIpc) is 2.51. The van der Waals surface area contributed by atoms with Crippen LogP contribution in [0.4, 0.5) is 0 Å². The van der Waals surface area contributed by atoms with E-state index >= 15 is 0 Å². The van der Waals surface area contributed by atoms with Crippen molar-refractivity contribution in [2.24, 2.45) is 10.9 Å². The maximum absolute atomic E-state index is 4.44. The number of hydrogen-bond donors (Lipinski definition) is 0. The van der Waals surface area contributed by atoms with E-state index in [9.17, 15) is 0 Å². The Hall–Kier alpha value is -1.45. The topological polar surface area (TPSA) is 43.1 Å². The van der Waals surface area contributed by atoms with E-state index in [1.165, 1.54) is 0 Å². The number of rotatable bonds is 2. The summed E-state index contributed by atoms with van der Waals surface area (Å²) in [6.07, 6.45) is 8.40. The van der Waals surface area contributed by atoms with Crippen LogP contribution in [0.2, 0.25) is 0 Å². The van der Waals surface area contributed by atoms with Gasteiger partial charge in [-0.2, -0.15) is 0 Å². The molecule has 1 aromatic rings. The maximum Gasteiger partial charge on any atom is 0.161 e. The molecule has 1 aromatic heterocycles. The molecule has 0 N–H and O–H groups in total. The zero-order chi connectivity index (χ0) is 9.97. The van der Waals surface area contributed by atoms with Crippen molar-refractivity contribution < 1.29 is 0 Å². The number of aromatic nitrogens is 3. The van der Waals surface area contributed by atoms with Crippen LogP contribution in [0, 0.1) is 5.92 Å². The summed E-state index contributed by atoms with van der Waals surface area (Å²) in [5.74, 6) is 1.55. The van der Waals surface area contributed by atoms with Gasteiger partial charge in [0.05, 0.1) is 0 Å². The van der Waals surface area contributed by atoms with E-state index in [0.717, 1.165) is 12.2 Å². The van der Waals surface area contributed by atoms with Gasteiger partial charge >= 0.3 is 0 Å². The number of allylic oxidation sites excluding steroid dienone is 1. The second-order valence-corrected chi connectivity index (χ2v) is 3.88. The molecule has 0 radical (unpaired) electrons. The summed E-state index contributed by atoms with van der Waals surface area (Å²) < 4.78 is 1.93. The molecule has 2 rings (SSSR count). The van der Waals surface area contributed by atoms with Crippen molar-refractivity contribution in [3.63, 3.8) is 0 Å². The Kier molecular flexibility index (Phi) is 2.43. The van der Waals surface area contributed by atoms with E-state index in [2.05, 4.69) is 29.0 Å². The number of fused-ring (bicyclic) bond motifs is 1. The highest BCUT2D eigenvalue weighted by atomic mass is 15.3. The quantitative estimate of drug-likeness (QED) is 0.715. The molecule has 1 aliphatic heterocycles. The van der Waals surface area contributed by atoms with Crippen LogP contribution in [-0.4, -0.2) is 21.0 Å². The van der Waals surface area contributed by atoms with E-state index in [1.54, 1.807) is 6.33 Å². The molecule has 0 aliphatic carbocycles. The van der Waals surface area contributed by atoms with Crippen LogP contribution in [0.1, 0.15) is 32.1 Å². The molecule has 0 saturated heterocycles. The van der Waals surface area contributed by atoms with Crippen LogP contribution >= 0.6 is 0 Å². The molecular formula is C10H14N4. The molecule has 0 spiro atoms. The second-order valence-electron chi connectivity index (χ2n) is 3.88. The highest BCUT2D eigenvalue weighted by molar-refractivity contribution is 5.76. The highest BCUT2D eigenvalue weighted by Crippen LogP contribution is 2.24. The van der Waals surface area contributed by atoms with Gasteiger partial charge < -0.3 is 0 Å². The van der Waals surface area contributed by atoms with Gasteiger partial charge in [0.25, 0.3) is 0 Å². The summed E-state index contributed by atoms with van der Waals surface area (Å²) in [4.78, 5) is 4.44. The first kappa shape index (κ1) is 9.12. The normalized spacial score (nSPS) is 19.8. The molecule has 0 saturated carbocycles. The van der Waals surface area contributed by atoms with Gasteiger partial charge in [-0.3, -0.25) is 9.56 Å². The van der Waals surface area contributed by atoms with E-state index < -0.39 is 0 Å². The van der Waals surface area contributed by atoms with Crippen molar-refractivity contribution in [3.05, 3.63) is 18.2 Å². The molecule has 4 nitrogen and oxygen atoms in total. The molecule has 0 amide bonds. The lowest BCUT2D eigenvalue weighted by Gasteiger charge is -2.12. The summed E-state index contributed by atoms with van der Waals surface area (Å²) in [6, 6.07) is 0.146. The molecule has 74 valence electrons. The van der Waals surface area contributed by atoms with E-state index in [1.807, 2.05) is 23.1 Å². The second kappa shape index (κ2) is 3.74. The minimum atomic E-state index is 0.146. The molecule has 14 heavy (non-hydrogen) atoms. The first-order chi connectivity index (χ1) is 6.77. The van der Waals surface area contributed by atoms with Crippen molar-refractivity contribution in [1.29, 1.82) is 0 Å². The largest absolute Gasteiger partial charge is 0.291 e. The van der Waals surface area contributed by atoms with Gasteiger partial charge in [-0.05, 0) is 18.4 Å². The lowest BCUT2D eigenvalue weighted by molar-refractivity contribution is 0.493. The molecule has 1 atom stereocenters. The van der Waals surface area contributed by atoms with E-state index in [4.69, 9.17) is 0 Å². The first-order valence-electron chi connectivity index (χ1n) is 4.86. The SMILES string of the molecule is CC(C)CC1N=CC=Cn2cnnc21. The summed E-state index contributed by atoms with van der Waals surface area (Å²) in [6.45, 7) is 4.38. The van der Waals surface area contributed by atoms with Crippen molar-refractivity contribution in [2.45, 2.75) is 26.3 Å². The van der Waals surface area contributed by atoms with E-state index in [0.29, 0.717) is 5.92 Å². The van der Waals surface area contributed by atoms with Crippen molar-refractivity contribution in [2.75, 3.05) is 0 Å². The third-order valence-corrected chi connectivity index (χ3v) is 2.19. The van der Waals surface area contributed by atoms with Gasteiger partial charge in [0.1, 0.15) is 12.4 Å². The Morgan fingerprint density at radius 1 is 1.50 bits per heavy atom. The fraction of sp³-hybridized carbons (Fsp3) is 0.500. The monoisotopic (exact) mass is 190 g/mol.